The Bertz CT molecular complexity index is 826. The Balaban J connectivity index is 1.61. The molecule has 0 radical (unpaired) electrons. The lowest BCUT2D eigenvalue weighted by Crippen LogP contribution is -2.46. The van der Waals surface area contributed by atoms with Crippen molar-refractivity contribution in [3.05, 3.63) is 47.2 Å². The average molecular weight is 418 g/mol. The second-order valence-electron chi connectivity index (χ2n) is 6.95. The molecule has 1 N–H and O–H groups in total. The Labute approximate surface area is 176 Å². The van der Waals surface area contributed by atoms with Crippen molar-refractivity contribution in [2.75, 3.05) is 26.2 Å². The minimum absolute atomic E-state index is 0.00770. The molecule has 2 heterocycles. The van der Waals surface area contributed by atoms with Crippen LogP contribution < -0.4 is 5.32 Å². The normalized spacial score (nSPS) is 15.4. The molecule has 0 bridgehead atoms. The number of ether oxygens (including phenoxy) is 1. The molecule has 1 aliphatic heterocycles. The third-order valence-electron chi connectivity index (χ3n) is 4.89. The van der Waals surface area contributed by atoms with Crippen LogP contribution >= 0.6 is 11.6 Å². The Morgan fingerprint density at radius 2 is 2.00 bits per heavy atom. The first-order chi connectivity index (χ1) is 14.1. The van der Waals surface area contributed by atoms with Gasteiger partial charge in [0, 0.05) is 36.4 Å². The topological polar surface area (TPSA) is 71.8 Å². The number of carbonyl (C=O) groups is 1. The molecule has 7 nitrogen and oxygen atoms in total. The summed E-state index contributed by atoms with van der Waals surface area (Å²) in [6, 6.07) is 7.56. The van der Waals surface area contributed by atoms with Gasteiger partial charge in [-0.15, -0.1) is 0 Å². The second-order valence-corrected chi connectivity index (χ2v) is 7.39. The highest BCUT2D eigenvalue weighted by Crippen LogP contribution is 2.19. The van der Waals surface area contributed by atoms with Gasteiger partial charge in [-0.3, -0.25) is 4.79 Å². The number of rotatable bonds is 6. The van der Waals surface area contributed by atoms with Gasteiger partial charge in [0.05, 0.1) is 31.0 Å². The van der Waals surface area contributed by atoms with Crippen molar-refractivity contribution in [1.82, 2.24) is 20.0 Å². The van der Waals surface area contributed by atoms with Crippen LogP contribution in [0.4, 0.5) is 0 Å². The molecule has 0 atom stereocenters. The van der Waals surface area contributed by atoms with E-state index < -0.39 is 0 Å². The van der Waals surface area contributed by atoms with E-state index in [1.807, 2.05) is 48.3 Å². The Morgan fingerprint density at radius 1 is 1.28 bits per heavy atom. The van der Waals surface area contributed by atoms with E-state index in [4.69, 9.17) is 21.3 Å². The minimum Gasteiger partial charge on any atom is -0.466 e. The van der Waals surface area contributed by atoms with Gasteiger partial charge < -0.3 is 15.0 Å². The highest BCUT2D eigenvalue weighted by atomic mass is 35.5. The Kier molecular flexibility index (Phi) is 7.52. The molecule has 8 heteroatoms. The van der Waals surface area contributed by atoms with Gasteiger partial charge in [0.2, 0.25) is 0 Å². The predicted molar refractivity (Wildman–Crippen MR) is 114 cm³/mol. The van der Waals surface area contributed by atoms with E-state index in [0.717, 1.165) is 49.7 Å². The summed E-state index contributed by atoms with van der Waals surface area (Å²) in [5, 5.41) is 8.47. The number of guanidine groups is 1. The van der Waals surface area contributed by atoms with Crippen LogP contribution in [0.15, 0.2) is 41.7 Å². The van der Waals surface area contributed by atoms with Gasteiger partial charge in [-0.2, -0.15) is 5.10 Å². The highest BCUT2D eigenvalue weighted by Gasteiger charge is 2.27. The minimum atomic E-state index is -0.0799. The van der Waals surface area contributed by atoms with Gasteiger partial charge in [0.25, 0.3) is 0 Å². The lowest BCUT2D eigenvalue weighted by Gasteiger charge is -2.33. The molecule has 0 aliphatic carbocycles. The molecule has 1 aliphatic rings. The van der Waals surface area contributed by atoms with E-state index >= 15 is 0 Å². The number of hydrogen-bond acceptors (Lipinski definition) is 4. The quantitative estimate of drug-likeness (QED) is 0.443. The molecule has 2 aromatic rings. The van der Waals surface area contributed by atoms with Crippen LogP contribution in [0.3, 0.4) is 0 Å². The second kappa shape index (κ2) is 10.3. The fourth-order valence-corrected chi connectivity index (χ4v) is 3.48. The average Bonchev–Trinajstić information content (AvgIpc) is 3.21. The first-order valence-corrected chi connectivity index (χ1v) is 10.5. The molecule has 3 rings (SSSR count). The van der Waals surface area contributed by atoms with Crippen molar-refractivity contribution in [1.29, 1.82) is 0 Å². The standard InChI is InChI=1S/C21H28ClN5O2/c1-3-23-21(26-11-9-17(10-12-26)20(28)29-4-2)24-13-16-14-25-27(15-16)19-7-5-18(22)6-8-19/h5-8,14-15,17H,3-4,9-13H2,1-2H3,(H,23,24). The number of aromatic nitrogens is 2. The van der Waals surface area contributed by atoms with E-state index in [-0.39, 0.29) is 11.9 Å². The molecular formula is C21H28ClN5O2. The lowest BCUT2D eigenvalue weighted by molar-refractivity contribution is -0.149. The fourth-order valence-electron chi connectivity index (χ4n) is 3.36. The number of likely N-dealkylation sites (tertiary alicyclic amines) is 1. The maximum absolute atomic E-state index is 11.9. The maximum atomic E-state index is 11.9. The number of nitrogens with zero attached hydrogens (tertiary/aromatic N) is 4. The van der Waals surface area contributed by atoms with Crippen LogP contribution in [-0.4, -0.2) is 52.9 Å². The van der Waals surface area contributed by atoms with Gasteiger partial charge >= 0.3 is 5.97 Å². The van der Waals surface area contributed by atoms with Crippen LogP contribution in [0.2, 0.25) is 5.02 Å². The van der Waals surface area contributed by atoms with Crippen LogP contribution in [0, 0.1) is 5.92 Å². The zero-order valence-electron chi connectivity index (χ0n) is 17.0. The highest BCUT2D eigenvalue weighted by molar-refractivity contribution is 6.30. The van der Waals surface area contributed by atoms with E-state index in [2.05, 4.69) is 22.2 Å². The summed E-state index contributed by atoms with van der Waals surface area (Å²) in [4.78, 5) is 18.9. The molecule has 0 amide bonds. The SMILES string of the molecule is CCNC(=NCc1cnn(-c2ccc(Cl)cc2)c1)N1CCC(C(=O)OCC)CC1. The van der Waals surface area contributed by atoms with Crippen LogP contribution in [0.5, 0.6) is 0 Å². The molecular weight excluding hydrogens is 390 g/mol. The van der Waals surface area contributed by atoms with Gasteiger partial charge in [-0.1, -0.05) is 11.6 Å². The van der Waals surface area contributed by atoms with Gasteiger partial charge in [-0.05, 0) is 51.0 Å². The number of halogens is 1. The number of benzene rings is 1. The number of piperidine rings is 1. The number of aliphatic imine (C=N–C) groups is 1. The number of nitrogens with one attached hydrogen (secondary N) is 1. The first kappa shape index (κ1) is 21.2. The summed E-state index contributed by atoms with van der Waals surface area (Å²) < 4.78 is 6.97. The third-order valence-corrected chi connectivity index (χ3v) is 5.14. The maximum Gasteiger partial charge on any atom is 0.309 e. The summed E-state index contributed by atoms with van der Waals surface area (Å²) in [6.07, 6.45) is 5.38. The van der Waals surface area contributed by atoms with E-state index in [1.54, 1.807) is 0 Å². The summed E-state index contributed by atoms with van der Waals surface area (Å²) in [5.41, 5.74) is 1.98. The van der Waals surface area contributed by atoms with E-state index in [9.17, 15) is 4.79 Å². The summed E-state index contributed by atoms with van der Waals surface area (Å²) in [5.74, 6) is 0.782. The molecule has 156 valence electrons. The summed E-state index contributed by atoms with van der Waals surface area (Å²) in [7, 11) is 0. The van der Waals surface area contributed by atoms with Gasteiger partial charge in [0.1, 0.15) is 0 Å². The zero-order chi connectivity index (χ0) is 20.6. The fraction of sp³-hybridized carbons (Fsp3) is 0.476. The van der Waals surface area contributed by atoms with Crippen molar-refractivity contribution < 1.29 is 9.53 Å². The molecule has 1 aromatic heterocycles. The number of carbonyl (C=O) groups excluding carboxylic acids is 1. The van der Waals surface area contributed by atoms with Crippen molar-refractivity contribution in [3.8, 4) is 5.69 Å². The summed E-state index contributed by atoms with van der Waals surface area (Å²) >= 11 is 5.95. The smallest absolute Gasteiger partial charge is 0.309 e. The predicted octanol–water partition coefficient (Wildman–Crippen LogP) is 3.27. The van der Waals surface area contributed by atoms with Crippen molar-refractivity contribution in [2.45, 2.75) is 33.2 Å². The number of esters is 1. The largest absolute Gasteiger partial charge is 0.466 e. The van der Waals surface area contributed by atoms with Crippen LogP contribution in [-0.2, 0) is 16.1 Å². The molecule has 1 saturated heterocycles. The molecule has 0 spiro atoms. The molecule has 0 saturated carbocycles. The monoisotopic (exact) mass is 417 g/mol. The van der Waals surface area contributed by atoms with Crippen molar-refractivity contribution >= 4 is 23.5 Å². The molecule has 1 aromatic carbocycles. The lowest BCUT2D eigenvalue weighted by atomic mass is 9.97. The zero-order valence-corrected chi connectivity index (χ0v) is 17.7. The Morgan fingerprint density at radius 3 is 2.66 bits per heavy atom. The van der Waals surface area contributed by atoms with E-state index in [1.165, 1.54) is 0 Å². The van der Waals surface area contributed by atoms with Gasteiger partial charge in [0.15, 0.2) is 5.96 Å². The molecule has 0 unspecified atom stereocenters. The van der Waals surface area contributed by atoms with Crippen molar-refractivity contribution in [3.63, 3.8) is 0 Å². The number of hydrogen-bond donors (Lipinski definition) is 1. The van der Waals surface area contributed by atoms with Crippen molar-refractivity contribution in [2.24, 2.45) is 10.9 Å². The van der Waals surface area contributed by atoms with Crippen LogP contribution in [0.25, 0.3) is 5.69 Å². The van der Waals surface area contributed by atoms with E-state index in [0.29, 0.717) is 18.2 Å². The molecule has 29 heavy (non-hydrogen) atoms. The van der Waals surface area contributed by atoms with Crippen LogP contribution in [0.1, 0.15) is 32.3 Å². The Hall–Kier alpha value is -2.54. The summed E-state index contributed by atoms with van der Waals surface area (Å²) in [6.45, 7) is 7.25. The van der Waals surface area contributed by atoms with Gasteiger partial charge in [-0.25, -0.2) is 9.67 Å². The third kappa shape index (κ3) is 5.73. The molecule has 1 fully saturated rings. The first-order valence-electron chi connectivity index (χ1n) is 10.1.